The number of rotatable bonds is 11. The molecule has 0 bridgehead atoms. The van der Waals surface area contributed by atoms with Gasteiger partial charge in [0.25, 0.3) is 0 Å². The summed E-state index contributed by atoms with van der Waals surface area (Å²) in [5.41, 5.74) is 3.97. The van der Waals surface area contributed by atoms with Crippen molar-refractivity contribution >= 4 is 20.9 Å². The van der Waals surface area contributed by atoms with E-state index in [0.29, 0.717) is 12.1 Å². The fourth-order valence-corrected chi connectivity index (χ4v) is 6.47. The van der Waals surface area contributed by atoms with Crippen molar-refractivity contribution in [2.75, 3.05) is 20.1 Å². The van der Waals surface area contributed by atoms with Crippen LogP contribution in [0.4, 0.5) is 0 Å². The first-order valence-electron chi connectivity index (χ1n) is 14.0. The lowest BCUT2D eigenvalue weighted by Crippen LogP contribution is -2.43. The maximum Gasteiger partial charge on any atom is 0.243 e. The molecule has 1 unspecified atom stereocenters. The van der Waals surface area contributed by atoms with Gasteiger partial charge in [-0.15, -0.1) is 6.58 Å². The van der Waals surface area contributed by atoms with Crippen molar-refractivity contribution in [1.82, 2.24) is 14.6 Å². The predicted octanol–water partition coefficient (Wildman–Crippen LogP) is 5.11. The summed E-state index contributed by atoms with van der Waals surface area (Å²) in [5, 5.41) is 10.2. The molecule has 0 spiro atoms. The number of ether oxygens (including phenoxy) is 2. The molecule has 4 atom stereocenters. The number of aromatic nitrogens is 1. The third-order valence-corrected chi connectivity index (χ3v) is 9.09. The molecule has 2 N–H and O–H groups in total. The number of nitrogens with one attached hydrogen (secondary N) is 1. The number of benzene rings is 3. The molecule has 1 saturated heterocycles. The molecule has 2 heterocycles. The number of nitrogens with zero attached hydrogens (tertiary/aromatic N) is 2. The number of pyridine rings is 1. The minimum absolute atomic E-state index is 0.0105. The second-order valence-electron chi connectivity index (χ2n) is 10.7. The van der Waals surface area contributed by atoms with Gasteiger partial charge in [0.2, 0.25) is 10.0 Å². The number of hydrogen-bond acceptors (Lipinski definition) is 7. The molecule has 0 radical (unpaired) electrons. The fourth-order valence-electron chi connectivity index (χ4n) is 5.27. The molecule has 1 aliphatic rings. The largest absolute Gasteiger partial charge is 0.392 e. The van der Waals surface area contributed by atoms with Crippen LogP contribution < -0.4 is 4.72 Å². The van der Waals surface area contributed by atoms with Crippen molar-refractivity contribution in [2.45, 2.75) is 43.5 Å². The molecule has 0 aliphatic carbocycles. The van der Waals surface area contributed by atoms with Crippen LogP contribution in [0.1, 0.15) is 41.6 Å². The minimum Gasteiger partial charge on any atom is -0.392 e. The van der Waals surface area contributed by atoms with Gasteiger partial charge in [-0.2, -0.15) is 0 Å². The predicted molar refractivity (Wildman–Crippen MR) is 163 cm³/mol. The van der Waals surface area contributed by atoms with E-state index in [1.54, 1.807) is 24.4 Å². The van der Waals surface area contributed by atoms with Crippen LogP contribution in [-0.4, -0.2) is 49.6 Å². The summed E-state index contributed by atoms with van der Waals surface area (Å²) < 4.78 is 42.0. The van der Waals surface area contributed by atoms with E-state index in [4.69, 9.17) is 9.47 Å². The lowest BCUT2D eigenvalue weighted by Gasteiger charge is -2.42. The van der Waals surface area contributed by atoms with E-state index in [0.717, 1.165) is 34.2 Å². The van der Waals surface area contributed by atoms with E-state index in [1.807, 2.05) is 73.8 Å². The van der Waals surface area contributed by atoms with Gasteiger partial charge in [-0.05, 0) is 35.9 Å². The van der Waals surface area contributed by atoms with Crippen molar-refractivity contribution < 1.29 is 23.0 Å². The average Bonchev–Trinajstić information content (AvgIpc) is 3.01. The number of aliphatic hydroxyl groups excluding tert-OH is 1. The Balaban J connectivity index is 1.32. The summed E-state index contributed by atoms with van der Waals surface area (Å²) in [5.74, 6) is 0.0747. The fraction of sp³-hybridized carbons (Fsp3) is 0.303. The first-order valence-corrected chi connectivity index (χ1v) is 15.5. The van der Waals surface area contributed by atoms with Gasteiger partial charge in [0.05, 0.1) is 24.3 Å². The summed E-state index contributed by atoms with van der Waals surface area (Å²) in [7, 11) is -1.74. The Hall–Kier alpha value is -3.44. The Morgan fingerprint density at radius 3 is 2.38 bits per heavy atom. The van der Waals surface area contributed by atoms with E-state index in [-0.39, 0.29) is 36.2 Å². The van der Waals surface area contributed by atoms with Gasteiger partial charge in [0.1, 0.15) is 4.90 Å². The monoisotopic (exact) mass is 587 g/mol. The molecule has 1 fully saturated rings. The molecule has 220 valence electrons. The van der Waals surface area contributed by atoms with E-state index >= 15 is 0 Å². The number of para-hydroxylation sites is 1. The zero-order valence-corrected chi connectivity index (χ0v) is 24.7. The average molecular weight is 588 g/mol. The quantitative estimate of drug-likeness (QED) is 0.235. The van der Waals surface area contributed by atoms with Crippen LogP contribution in [0.2, 0.25) is 0 Å². The summed E-state index contributed by atoms with van der Waals surface area (Å²) in [4.78, 5) is 6.60. The number of sulfonamides is 1. The van der Waals surface area contributed by atoms with E-state index in [1.165, 1.54) is 0 Å². The summed E-state index contributed by atoms with van der Waals surface area (Å²) in [6, 6.07) is 24.2. The number of aliphatic hydroxyl groups is 1. The van der Waals surface area contributed by atoms with Crippen LogP contribution >= 0.6 is 0 Å². The lowest BCUT2D eigenvalue weighted by molar-refractivity contribution is -0.275. The SMILES string of the molecule is C=CCN(C)C[C@H]1OC(c2ccc(CNS(=O)(=O)c3cccc4cccnc34)cc2)O[C@@H](c2ccc(CO)cc2)[C@H]1C. The Morgan fingerprint density at radius 2 is 1.67 bits per heavy atom. The van der Waals surface area contributed by atoms with Crippen molar-refractivity contribution in [3.63, 3.8) is 0 Å². The smallest absolute Gasteiger partial charge is 0.243 e. The highest BCUT2D eigenvalue weighted by atomic mass is 32.2. The van der Waals surface area contributed by atoms with Crippen LogP contribution in [0, 0.1) is 5.92 Å². The maximum absolute atomic E-state index is 13.1. The molecule has 0 amide bonds. The van der Waals surface area contributed by atoms with E-state index in [9.17, 15) is 13.5 Å². The van der Waals surface area contributed by atoms with E-state index in [2.05, 4.69) is 28.1 Å². The Labute approximate surface area is 247 Å². The zero-order valence-electron chi connectivity index (χ0n) is 23.9. The van der Waals surface area contributed by atoms with Crippen molar-refractivity contribution in [3.05, 3.63) is 120 Å². The highest BCUT2D eigenvalue weighted by Crippen LogP contribution is 2.41. The summed E-state index contributed by atoms with van der Waals surface area (Å²) in [6.07, 6.45) is 2.55. The zero-order chi connectivity index (χ0) is 29.7. The standard InChI is InChI=1S/C33H37N3O5S/c1-4-19-36(3)21-29-23(2)32(27-14-12-25(22-37)13-15-27)41-33(40-29)28-16-10-24(11-17-28)20-35-42(38,39)30-9-5-7-26-8-6-18-34-31(26)30/h4-18,23,29,32-33,35,37H,1,19-22H2,2-3H3/t23-,29+,32+,33?/m0/s1. The van der Waals surface area contributed by atoms with Gasteiger partial charge in [0.15, 0.2) is 6.29 Å². The van der Waals surface area contributed by atoms with Gasteiger partial charge in [-0.3, -0.25) is 4.98 Å². The van der Waals surface area contributed by atoms with Crippen LogP contribution in [0.3, 0.4) is 0 Å². The van der Waals surface area contributed by atoms with Crippen molar-refractivity contribution in [2.24, 2.45) is 5.92 Å². The van der Waals surface area contributed by atoms with E-state index < -0.39 is 16.3 Å². The number of likely N-dealkylation sites (N-methyl/N-ethyl adjacent to an activating group) is 1. The normalized spacial score (nSPS) is 21.0. The van der Waals surface area contributed by atoms with Gasteiger partial charge < -0.3 is 19.5 Å². The molecule has 8 nitrogen and oxygen atoms in total. The number of fused-ring (bicyclic) bond motifs is 1. The Bertz CT molecular complexity index is 1600. The second-order valence-corrected chi connectivity index (χ2v) is 12.5. The van der Waals surface area contributed by atoms with Crippen molar-refractivity contribution in [1.29, 1.82) is 0 Å². The topological polar surface area (TPSA) is 101 Å². The summed E-state index contributed by atoms with van der Waals surface area (Å²) >= 11 is 0. The first kappa shape index (κ1) is 30.0. The van der Waals surface area contributed by atoms with Crippen LogP contribution in [0.15, 0.2) is 103 Å². The second kappa shape index (κ2) is 13.2. The summed E-state index contributed by atoms with van der Waals surface area (Å²) in [6.45, 7) is 7.55. The molecule has 4 aromatic rings. The Morgan fingerprint density at radius 1 is 0.976 bits per heavy atom. The number of hydrogen-bond donors (Lipinski definition) is 2. The van der Waals surface area contributed by atoms with Gasteiger partial charge in [-0.25, -0.2) is 13.1 Å². The van der Waals surface area contributed by atoms with Gasteiger partial charge in [0, 0.05) is 42.7 Å². The lowest BCUT2D eigenvalue weighted by atomic mass is 9.90. The minimum atomic E-state index is -3.78. The molecule has 3 aromatic carbocycles. The van der Waals surface area contributed by atoms with Crippen LogP contribution in [0.5, 0.6) is 0 Å². The van der Waals surface area contributed by atoms with Crippen molar-refractivity contribution in [3.8, 4) is 0 Å². The maximum atomic E-state index is 13.1. The molecular weight excluding hydrogens is 550 g/mol. The third kappa shape index (κ3) is 6.78. The molecule has 1 aliphatic heterocycles. The highest BCUT2D eigenvalue weighted by Gasteiger charge is 2.38. The molecule has 42 heavy (non-hydrogen) atoms. The molecular formula is C33H37N3O5S. The molecule has 5 rings (SSSR count). The van der Waals surface area contributed by atoms with Crippen LogP contribution in [-0.2, 0) is 32.6 Å². The van der Waals surface area contributed by atoms with Gasteiger partial charge >= 0.3 is 0 Å². The van der Waals surface area contributed by atoms with Crippen LogP contribution in [0.25, 0.3) is 10.9 Å². The Kier molecular flexibility index (Phi) is 9.47. The molecule has 9 heteroatoms. The molecule has 0 saturated carbocycles. The third-order valence-electron chi connectivity index (χ3n) is 7.66. The first-order chi connectivity index (χ1) is 20.3. The highest BCUT2D eigenvalue weighted by molar-refractivity contribution is 7.89. The van der Waals surface area contributed by atoms with Gasteiger partial charge in [-0.1, -0.05) is 79.7 Å². The molecule has 1 aromatic heterocycles.